The number of nitrogens with zero attached hydrogens (tertiary/aromatic N) is 1. The highest BCUT2D eigenvalue weighted by molar-refractivity contribution is 7.89. The highest BCUT2D eigenvalue weighted by Gasteiger charge is 2.45. The van der Waals surface area contributed by atoms with E-state index in [4.69, 9.17) is 11.6 Å². The smallest absolute Gasteiger partial charge is 0.323 e. The molecule has 160 valence electrons. The van der Waals surface area contributed by atoms with Crippen LogP contribution in [0.1, 0.15) is 18.9 Å². The van der Waals surface area contributed by atoms with Crippen LogP contribution in [0, 0.1) is 0 Å². The first-order chi connectivity index (χ1) is 14.3. The third-order valence-corrected chi connectivity index (χ3v) is 7.97. The SMILES string of the molecule is CCc1ccccc1NC(=O)Nc1ccc(Cl)c(S(=O)(=O)N2C[C@H]3C[C@@H]2CN3)c1O. The van der Waals surface area contributed by atoms with Crippen molar-refractivity contribution in [1.29, 1.82) is 0 Å². The number of rotatable bonds is 5. The van der Waals surface area contributed by atoms with Gasteiger partial charge in [0.05, 0.1) is 10.7 Å². The van der Waals surface area contributed by atoms with Crippen molar-refractivity contribution < 1.29 is 18.3 Å². The van der Waals surface area contributed by atoms with Crippen LogP contribution in [0.5, 0.6) is 5.75 Å². The molecule has 2 aromatic carbocycles. The third kappa shape index (κ3) is 3.74. The molecule has 30 heavy (non-hydrogen) atoms. The summed E-state index contributed by atoms with van der Waals surface area (Å²) in [5.41, 5.74) is 1.56. The third-order valence-electron chi connectivity index (χ3n) is 5.55. The van der Waals surface area contributed by atoms with Gasteiger partial charge in [0.25, 0.3) is 0 Å². The topological polar surface area (TPSA) is 111 Å². The van der Waals surface area contributed by atoms with E-state index < -0.39 is 21.8 Å². The molecule has 4 rings (SSSR count). The van der Waals surface area contributed by atoms with Crippen LogP contribution in [0.2, 0.25) is 5.02 Å². The predicted molar refractivity (Wildman–Crippen MR) is 116 cm³/mol. The number of aromatic hydroxyl groups is 1. The normalized spacial score (nSPS) is 21.0. The van der Waals surface area contributed by atoms with Gasteiger partial charge in [0.1, 0.15) is 4.90 Å². The van der Waals surface area contributed by atoms with Gasteiger partial charge in [-0.1, -0.05) is 36.7 Å². The van der Waals surface area contributed by atoms with Crippen molar-refractivity contribution >= 4 is 39.0 Å². The fourth-order valence-corrected chi connectivity index (χ4v) is 6.33. The Hall–Kier alpha value is -2.33. The second kappa shape index (κ2) is 8.07. The van der Waals surface area contributed by atoms with E-state index in [9.17, 15) is 18.3 Å². The molecular formula is C20H23ClN4O4S. The molecule has 2 amide bonds. The van der Waals surface area contributed by atoms with Crippen LogP contribution in [0.15, 0.2) is 41.3 Å². The Balaban J connectivity index is 1.59. The number of phenolic OH excluding ortho intramolecular Hbond substituents is 1. The molecule has 2 atom stereocenters. The number of fused-ring (bicyclic) bond motifs is 2. The maximum Gasteiger partial charge on any atom is 0.323 e. The molecule has 2 aliphatic rings. The van der Waals surface area contributed by atoms with Crippen LogP contribution in [0.25, 0.3) is 0 Å². The van der Waals surface area contributed by atoms with Crippen molar-refractivity contribution in [3.05, 3.63) is 47.0 Å². The number of sulfonamides is 1. The summed E-state index contributed by atoms with van der Waals surface area (Å²) in [6.07, 6.45) is 1.46. The quantitative estimate of drug-likeness (QED) is 0.523. The molecule has 2 bridgehead atoms. The number of hydrogen-bond donors (Lipinski definition) is 4. The van der Waals surface area contributed by atoms with Gasteiger partial charge in [0.15, 0.2) is 5.75 Å². The fourth-order valence-electron chi connectivity index (χ4n) is 4.05. The summed E-state index contributed by atoms with van der Waals surface area (Å²) in [5.74, 6) is -0.572. The largest absolute Gasteiger partial charge is 0.504 e. The average Bonchev–Trinajstić information content (AvgIpc) is 3.34. The zero-order valence-electron chi connectivity index (χ0n) is 16.4. The monoisotopic (exact) mass is 450 g/mol. The molecule has 0 saturated carbocycles. The van der Waals surface area contributed by atoms with Crippen molar-refractivity contribution in [2.75, 3.05) is 23.7 Å². The molecule has 2 heterocycles. The number of nitrogens with one attached hydrogen (secondary N) is 3. The molecule has 0 spiro atoms. The number of carbonyl (C=O) groups is 1. The highest BCUT2D eigenvalue weighted by Crippen LogP contribution is 2.41. The van der Waals surface area contributed by atoms with Gasteiger partial charge in [-0.3, -0.25) is 0 Å². The van der Waals surface area contributed by atoms with Crippen LogP contribution < -0.4 is 16.0 Å². The number of carbonyl (C=O) groups excluding carboxylic acids is 1. The predicted octanol–water partition coefficient (Wildman–Crippen LogP) is 2.99. The first-order valence-electron chi connectivity index (χ1n) is 9.74. The maximum atomic E-state index is 13.2. The maximum absolute atomic E-state index is 13.2. The molecule has 0 aromatic heterocycles. The molecular weight excluding hydrogens is 428 g/mol. The lowest BCUT2D eigenvalue weighted by atomic mass is 10.1. The molecule has 0 radical (unpaired) electrons. The van der Waals surface area contributed by atoms with Gasteiger partial charge in [-0.05, 0) is 36.6 Å². The number of benzene rings is 2. The number of urea groups is 1. The minimum atomic E-state index is -4.02. The van der Waals surface area contributed by atoms with E-state index in [0.29, 0.717) is 18.8 Å². The summed E-state index contributed by atoms with van der Waals surface area (Å²) in [5, 5.41) is 19.1. The van der Waals surface area contributed by atoms with Crippen LogP contribution >= 0.6 is 11.6 Å². The van der Waals surface area contributed by atoms with Crippen molar-refractivity contribution in [3.63, 3.8) is 0 Å². The zero-order chi connectivity index (χ0) is 21.5. The summed E-state index contributed by atoms with van der Waals surface area (Å²) in [6, 6.07) is 9.43. The van der Waals surface area contributed by atoms with Crippen molar-refractivity contribution in [1.82, 2.24) is 9.62 Å². The molecule has 4 N–H and O–H groups in total. The fraction of sp³-hybridized carbons (Fsp3) is 0.350. The van der Waals surface area contributed by atoms with E-state index in [2.05, 4.69) is 16.0 Å². The standard InChI is InChI=1S/C20H23ClN4O4S/c1-2-12-5-3-4-6-16(12)23-20(27)24-17-8-7-15(21)19(18(17)26)30(28,29)25-11-13-9-14(25)10-22-13/h3-8,13-14,22,26H,2,9-11H2,1H3,(H2,23,24,27)/t13-,14-/m1/s1. The van der Waals surface area contributed by atoms with Crippen LogP contribution in [0.4, 0.5) is 16.2 Å². The van der Waals surface area contributed by atoms with Crippen LogP contribution in [0.3, 0.4) is 0 Å². The Morgan fingerprint density at radius 3 is 2.63 bits per heavy atom. The summed E-state index contributed by atoms with van der Waals surface area (Å²) in [6.45, 7) is 2.87. The van der Waals surface area contributed by atoms with Crippen LogP contribution in [-0.2, 0) is 16.4 Å². The van der Waals surface area contributed by atoms with Gasteiger partial charge in [-0.25, -0.2) is 13.2 Å². The average molecular weight is 451 g/mol. The van der Waals surface area contributed by atoms with Gasteiger partial charge in [-0.15, -0.1) is 0 Å². The number of aryl methyl sites for hydroxylation is 1. The number of amides is 2. The first kappa shape index (κ1) is 20.9. The second-order valence-electron chi connectivity index (χ2n) is 7.43. The summed E-state index contributed by atoms with van der Waals surface area (Å²) < 4.78 is 27.8. The molecule has 2 aromatic rings. The molecule has 8 nitrogen and oxygen atoms in total. The van der Waals surface area contributed by atoms with Gasteiger partial charge in [0.2, 0.25) is 10.0 Å². The number of halogens is 1. The van der Waals surface area contributed by atoms with E-state index in [1.54, 1.807) is 12.1 Å². The van der Waals surface area contributed by atoms with E-state index in [-0.39, 0.29) is 27.7 Å². The number of hydrogen-bond acceptors (Lipinski definition) is 5. The minimum absolute atomic E-state index is 0.0352. The molecule has 2 aliphatic heterocycles. The molecule has 2 saturated heterocycles. The molecule has 0 unspecified atom stereocenters. The zero-order valence-corrected chi connectivity index (χ0v) is 17.9. The minimum Gasteiger partial charge on any atom is -0.504 e. The van der Waals surface area contributed by atoms with E-state index in [0.717, 1.165) is 18.4 Å². The Morgan fingerprint density at radius 1 is 1.23 bits per heavy atom. The Kier molecular flexibility index (Phi) is 5.63. The first-order valence-corrected chi connectivity index (χ1v) is 11.6. The van der Waals surface area contributed by atoms with Crippen molar-refractivity contribution in [2.24, 2.45) is 0 Å². The van der Waals surface area contributed by atoms with Gasteiger partial charge >= 0.3 is 6.03 Å². The van der Waals surface area contributed by atoms with E-state index >= 15 is 0 Å². The van der Waals surface area contributed by atoms with Gasteiger partial charge in [-0.2, -0.15) is 4.31 Å². The molecule has 0 aliphatic carbocycles. The second-order valence-corrected chi connectivity index (χ2v) is 9.67. The summed E-state index contributed by atoms with van der Waals surface area (Å²) in [7, 11) is -4.02. The van der Waals surface area contributed by atoms with E-state index in [1.807, 2.05) is 19.1 Å². The lowest BCUT2D eigenvalue weighted by molar-refractivity contribution is 0.262. The summed E-state index contributed by atoms with van der Waals surface area (Å²) >= 11 is 6.16. The Labute approximate surface area is 180 Å². The van der Waals surface area contributed by atoms with Crippen LogP contribution in [-0.4, -0.2) is 49.0 Å². The Morgan fingerprint density at radius 2 is 1.97 bits per heavy atom. The number of phenols is 1. The number of piperazine rings is 1. The summed E-state index contributed by atoms with van der Waals surface area (Å²) in [4.78, 5) is 12.1. The molecule has 2 fully saturated rings. The number of para-hydroxylation sites is 1. The lowest BCUT2D eigenvalue weighted by Gasteiger charge is -2.27. The van der Waals surface area contributed by atoms with Crippen molar-refractivity contribution in [2.45, 2.75) is 36.7 Å². The van der Waals surface area contributed by atoms with Gasteiger partial charge in [0, 0.05) is 30.9 Å². The Bertz CT molecular complexity index is 1090. The molecule has 10 heteroatoms. The highest BCUT2D eigenvalue weighted by atomic mass is 35.5. The van der Waals surface area contributed by atoms with E-state index in [1.165, 1.54) is 16.4 Å². The lowest BCUT2D eigenvalue weighted by Crippen LogP contribution is -2.46. The number of anilines is 2. The van der Waals surface area contributed by atoms with Crippen molar-refractivity contribution in [3.8, 4) is 5.75 Å². The van der Waals surface area contributed by atoms with Gasteiger partial charge < -0.3 is 21.1 Å².